The minimum absolute atomic E-state index is 0.767. The van der Waals surface area contributed by atoms with Gasteiger partial charge in [0, 0.05) is 6.04 Å². The highest BCUT2D eigenvalue weighted by atomic mass is 14.9. The third kappa shape index (κ3) is 3.85. The molecule has 2 unspecified atom stereocenters. The molecule has 1 aromatic carbocycles. The van der Waals surface area contributed by atoms with Gasteiger partial charge in [0.05, 0.1) is 0 Å². The molecule has 0 bridgehead atoms. The molecule has 2 atom stereocenters. The highest BCUT2D eigenvalue weighted by Gasteiger charge is 2.21. The quantitative estimate of drug-likeness (QED) is 0.833. The zero-order valence-corrected chi connectivity index (χ0v) is 11.2. The summed E-state index contributed by atoms with van der Waals surface area (Å²) in [6, 6.07) is 9.77. The van der Waals surface area contributed by atoms with Gasteiger partial charge in [0.25, 0.3) is 0 Å². The van der Waals surface area contributed by atoms with Gasteiger partial charge in [0.1, 0.15) is 0 Å². The minimum atomic E-state index is 0.767. The lowest BCUT2D eigenvalue weighted by atomic mass is 9.82. The van der Waals surface area contributed by atoms with Crippen molar-refractivity contribution in [3.8, 4) is 0 Å². The van der Waals surface area contributed by atoms with Gasteiger partial charge in [-0.25, -0.2) is 0 Å². The topological polar surface area (TPSA) is 12.0 Å². The molecule has 0 radical (unpaired) electrons. The van der Waals surface area contributed by atoms with Gasteiger partial charge in [-0.1, -0.05) is 49.6 Å². The third-order valence-corrected chi connectivity index (χ3v) is 3.88. The highest BCUT2D eigenvalue weighted by molar-refractivity contribution is 5.22. The van der Waals surface area contributed by atoms with Crippen LogP contribution in [-0.2, 0) is 6.42 Å². The molecule has 1 nitrogen and oxygen atoms in total. The van der Waals surface area contributed by atoms with Gasteiger partial charge in [-0.05, 0) is 44.2 Å². The van der Waals surface area contributed by atoms with Crippen LogP contribution in [0.2, 0.25) is 0 Å². The summed E-state index contributed by atoms with van der Waals surface area (Å²) < 4.78 is 0. The fourth-order valence-electron chi connectivity index (χ4n) is 3.12. The average molecular weight is 231 g/mol. The molecular formula is C16H25N. The van der Waals surface area contributed by atoms with Crippen molar-refractivity contribution in [3.05, 3.63) is 35.4 Å². The summed E-state index contributed by atoms with van der Waals surface area (Å²) in [6.07, 6.45) is 6.81. The maximum atomic E-state index is 3.61. The molecule has 1 N–H and O–H groups in total. The van der Waals surface area contributed by atoms with Crippen molar-refractivity contribution in [2.24, 2.45) is 5.92 Å². The first-order chi connectivity index (χ1) is 8.28. The highest BCUT2D eigenvalue weighted by Crippen LogP contribution is 2.27. The van der Waals surface area contributed by atoms with Crippen molar-refractivity contribution >= 4 is 0 Å². The van der Waals surface area contributed by atoms with Crippen LogP contribution < -0.4 is 5.32 Å². The van der Waals surface area contributed by atoms with Gasteiger partial charge in [0.15, 0.2) is 0 Å². The lowest BCUT2D eigenvalue weighted by Crippen LogP contribution is -2.34. The molecule has 0 saturated heterocycles. The summed E-state index contributed by atoms with van der Waals surface area (Å²) in [5.74, 6) is 0.884. The molecule has 1 aromatic rings. The number of hydrogen-bond donors (Lipinski definition) is 1. The molecule has 2 rings (SSSR count). The fraction of sp³-hybridized carbons (Fsp3) is 0.625. The van der Waals surface area contributed by atoms with Crippen molar-refractivity contribution in [1.29, 1.82) is 0 Å². The van der Waals surface area contributed by atoms with Crippen LogP contribution in [-0.4, -0.2) is 12.6 Å². The number of hydrogen-bond acceptors (Lipinski definition) is 1. The molecule has 1 aliphatic carbocycles. The Morgan fingerprint density at radius 2 is 2.18 bits per heavy atom. The Bertz CT molecular complexity index is 343. The molecule has 1 fully saturated rings. The summed E-state index contributed by atoms with van der Waals surface area (Å²) in [7, 11) is 0. The number of rotatable bonds is 4. The van der Waals surface area contributed by atoms with Crippen LogP contribution in [0.15, 0.2) is 24.3 Å². The van der Waals surface area contributed by atoms with E-state index in [4.69, 9.17) is 0 Å². The molecule has 0 amide bonds. The second kappa shape index (κ2) is 6.20. The first-order valence-electron chi connectivity index (χ1n) is 7.07. The summed E-state index contributed by atoms with van der Waals surface area (Å²) in [5.41, 5.74) is 2.91. The monoisotopic (exact) mass is 231 g/mol. The molecule has 0 heterocycles. The second-order valence-electron chi connectivity index (χ2n) is 5.48. The zero-order valence-electron chi connectivity index (χ0n) is 11.2. The molecular weight excluding hydrogens is 206 g/mol. The lowest BCUT2D eigenvalue weighted by Gasteiger charge is -2.29. The van der Waals surface area contributed by atoms with Gasteiger partial charge in [-0.15, -0.1) is 0 Å². The van der Waals surface area contributed by atoms with Crippen LogP contribution in [0.4, 0.5) is 0 Å². The standard InChI is InChI=1S/C16H25N/c1-3-17-16-9-5-8-15(12-16)11-14-7-4-6-13(2)10-14/h4,6-7,10,15-17H,3,5,8-9,11-12H2,1-2H3. The van der Waals surface area contributed by atoms with E-state index in [0.29, 0.717) is 0 Å². The van der Waals surface area contributed by atoms with E-state index >= 15 is 0 Å². The van der Waals surface area contributed by atoms with Gasteiger partial charge in [-0.2, -0.15) is 0 Å². The predicted octanol–water partition coefficient (Wildman–Crippen LogP) is 3.71. The van der Waals surface area contributed by atoms with Gasteiger partial charge >= 0.3 is 0 Å². The van der Waals surface area contributed by atoms with Crippen molar-refractivity contribution in [2.45, 2.75) is 52.0 Å². The summed E-state index contributed by atoms with van der Waals surface area (Å²) in [6.45, 7) is 5.51. The summed E-state index contributed by atoms with van der Waals surface area (Å²) >= 11 is 0. The molecule has 0 aromatic heterocycles. The van der Waals surface area contributed by atoms with E-state index in [1.54, 1.807) is 0 Å². The Morgan fingerprint density at radius 3 is 2.94 bits per heavy atom. The minimum Gasteiger partial charge on any atom is -0.314 e. The van der Waals surface area contributed by atoms with E-state index in [2.05, 4.69) is 43.4 Å². The molecule has 17 heavy (non-hydrogen) atoms. The Hall–Kier alpha value is -0.820. The van der Waals surface area contributed by atoms with E-state index in [0.717, 1.165) is 18.5 Å². The van der Waals surface area contributed by atoms with Gasteiger partial charge < -0.3 is 5.32 Å². The zero-order chi connectivity index (χ0) is 12.1. The van der Waals surface area contributed by atoms with Crippen LogP contribution in [0.5, 0.6) is 0 Å². The van der Waals surface area contributed by atoms with E-state index in [-0.39, 0.29) is 0 Å². The van der Waals surface area contributed by atoms with Crippen LogP contribution >= 0.6 is 0 Å². The van der Waals surface area contributed by atoms with E-state index in [1.807, 2.05) is 0 Å². The number of aryl methyl sites for hydroxylation is 1. The van der Waals surface area contributed by atoms with E-state index in [1.165, 1.54) is 43.2 Å². The van der Waals surface area contributed by atoms with Crippen LogP contribution in [0.3, 0.4) is 0 Å². The maximum absolute atomic E-state index is 3.61. The Balaban J connectivity index is 1.90. The second-order valence-corrected chi connectivity index (χ2v) is 5.48. The molecule has 1 aliphatic rings. The Kier molecular flexibility index (Phi) is 4.61. The van der Waals surface area contributed by atoms with Crippen molar-refractivity contribution < 1.29 is 0 Å². The van der Waals surface area contributed by atoms with Crippen molar-refractivity contribution in [3.63, 3.8) is 0 Å². The number of benzene rings is 1. The normalized spacial score (nSPS) is 24.8. The van der Waals surface area contributed by atoms with Crippen LogP contribution in [0.1, 0.15) is 43.7 Å². The van der Waals surface area contributed by atoms with Crippen molar-refractivity contribution in [2.75, 3.05) is 6.54 Å². The SMILES string of the molecule is CCNC1CCCC(Cc2cccc(C)c2)C1. The Labute approximate surface area is 106 Å². The molecule has 94 valence electrons. The summed E-state index contributed by atoms with van der Waals surface area (Å²) in [4.78, 5) is 0. The van der Waals surface area contributed by atoms with Crippen LogP contribution in [0.25, 0.3) is 0 Å². The summed E-state index contributed by atoms with van der Waals surface area (Å²) in [5, 5.41) is 3.61. The average Bonchev–Trinajstić information content (AvgIpc) is 2.30. The molecule has 1 heteroatoms. The lowest BCUT2D eigenvalue weighted by molar-refractivity contribution is 0.287. The molecule has 0 aliphatic heterocycles. The largest absolute Gasteiger partial charge is 0.314 e. The van der Waals surface area contributed by atoms with E-state index < -0.39 is 0 Å². The molecule has 0 spiro atoms. The van der Waals surface area contributed by atoms with Gasteiger partial charge in [-0.3, -0.25) is 0 Å². The number of nitrogens with one attached hydrogen (secondary N) is 1. The predicted molar refractivity (Wildman–Crippen MR) is 74.3 cm³/mol. The van der Waals surface area contributed by atoms with Crippen molar-refractivity contribution in [1.82, 2.24) is 5.32 Å². The maximum Gasteiger partial charge on any atom is 0.00697 e. The molecule has 1 saturated carbocycles. The Morgan fingerprint density at radius 1 is 1.29 bits per heavy atom. The van der Waals surface area contributed by atoms with E-state index in [9.17, 15) is 0 Å². The van der Waals surface area contributed by atoms with Crippen LogP contribution in [0, 0.1) is 12.8 Å². The van der Waals surface area contributed by atoms with Gasteiger partial charge in [0.2, 0.25) is 0 Å². The smallest absolute Gasteiger partial charge is 0.00697 e. The first-order valence-corrected chi connectivity index (χ1v) is 7.07. The first kappa shape index (κ1) is 12.6. The fourth-order valence-corrected chi connectivity index (χ4v) is 3.12. The third-order valence-electron chi connectivity index (χ3n) is 3.88.